The SMILES string of the molecule is COc1cccc(C(C)(C)CC(O)(Cc2cc3ccccc3n2C#N)C(F)(F)F)c1. The zero-order chi connectivity index (χ0) is 22.2. The molecule has 0 amide bonds. The fourth-order valence-corrected chi connectivity index (χ4v) is 3.90. The number of aliphatic hydroxyl groups is 1. The largest absolute Gasteiger partial charge is 0.497 e. The Labute approximate surface area is 173 Å². The van der Waals surface area contributed by atoms with Crippen molar-refractivity contribution < 1.29 is 23.0 Å². The Bertz CT molecular complexity index is 1100. The molecule has 30 heavy (non-hydrogen) atoms. The molecule has 0 spiro atoms. The Morgan fingerprint density at radius 3 is 2.40 bits per heavy atom. The first kappa shape index (κ1) is 21.7. The number of halogens is 3. The van der Waals surface area contributed by atoms with Gasteiger partial charge in [-0.1, -0.05) is 44.2 Å². The number of nitrogens with zero attached hydrogens (tertiary/aromatic N) is 2. The zero-order valence-corrected chi connectivity index (χ0v) is 17.0. The van der Waals surface area contributed by atoms with E-state index in [1.54, 1.807) is 62.4 Å². The van der Waals surface area contributed by atoms with Crippen molar-refractivity contribution >= 4 is 10.9 Å². The van der Waals surface area contributed by atoms with E-state index in [2.05, 4.69) is 0 Å². The van der Waals surface area contributed by atoms with Crippen LogP contribution >= 0.6 is 0 Å². The van der Waals surface area contributed by atoms with E-state index < -0.39 is 30.0 Å². The Morgan fingerprint density at radius 1 is 1.07 bits per heavy atom. The van der Waals surface area contributed by atoms with Crippen molar-refractivity contribution in [2.75, 3.05) is 7.11 Å². The first-order valence-corrected chi connectivity index (χ1v) is 9.44. The summed E-state index contributed by atoms with van der Waals surface area (Å²) >= 11 is 0. The van der Waals surface area contributed by atoms with Crippen molar-refractivity contribution in [2.45, 2.75) is 43.9 Å². The van der Waals surface area contributed by atoms with Gasteiger partial charge in [0.25, 0.3) is 0 Å². The van der Waals surface area contributed by atoms with Crippen LogP contribution in [0.15, 0.2) is 54.6 Å². The molecule has 0 aliphatic heterocycles. The van der Waals surface area contributed by atoms with Crippen LogP contribution in [0.25, 0.3) is 10.9 Å². The Morgan fingerprint density at radius 2 is 1.77 bits per heavy atom. The molecule has 3 aromatic rings. The first-order valence-electron chi connectivity index (χ1n) is 9.44. The summed E-state index contributed by atoms with van der Waals surface area (Å²) < 4.78 is 48.6. The predicted molar refractivity (Wildman–Crippen MR) is 108 cm³/mol. The monoisotopic (exact) mass is 416 g/mol. The molecule has 158 valence electrons. The van der Waals surface area contributed by atoms with E-state index in [4.69, 9.17) is 4.74 Å². The van der Waals surface area contributed by atoms with E-state index >= 15 is 0 Å². The lowest BCUT2D eigenvalue weighted by Gasteiger charge is -2.38. The van der Waals surface area contributed by atoms with Crippen LogP contribution in [-0.2, 0) is 11.8 Å². The van der Waals surface area contributed by atoms with E-state index in [9.17, 15) is 23.5 Å². The highest BCUT2D eigenvalue weighted by molar-refractivity contribution is 5.82. The summed E-state index contributed by atoms with van der Waals surface area (Å²) in [6.45, 7) is 3.30. The minimum absolute atomic E-state index is 0.111. The van der Waals surface area contributed by atoms with Crippen LogP contribution in [0.5, 0.6) is 5.75 Å². The average Bonchev–Trinajstić information content (AvgIpc) is 3.03. The van der Waals surface area contributed by atoms with Crippen LogP contribution in [0.2, 0.25) is 0 Å². The molecule has 4 nitrogen and oxygen atoms in total. The van der Waals surface area contributed by atoms with Gasteiger partial charge >= 0.3 is 6.18 Å². The second kappa shape index (κ2) is 7.69. The molecule has 0 saturated carbocycles. The molecular formula is C23H23F3N2O2. The Kier molecular flexibility index (Phi) is 5.57. The Balaban J connectivity index is 2.02. The molecule has 7 heteroatoms. The summed E-state index contributed by atoms with van der Waals surface area (Å²) in [5.74, 6) is 0.528. The number of nitriles is 1. The van der Waals surface area contributed by atoms with Crippen LogP contribution in [0.4, 0.5) is 13.2 Å². The molecule has 0 radical (unpaired) electrons. The zero-order valence-electron chi connectivity index (χ0n) is 17.0. The highest BCUT2D eigenvalue weighted by Crippen LogP contribution is 2.43. The van der Waals surface area contributed by atoms with Crippen molar-refractivity contribution in [3.05, 3.63) is 65.9 Å². The third kappa shape index (κ3) is 4.01. The second-order valence-electron chi connectivity index (χ2n) is 8.13. The lowest BCUT2D eigenvalue weighted by atomic mass is 9.73. The fraction of sp³-hybridized carbons (Fsp3) is 0.348. The minimum atomic E-state index is -4.89. The standard InChI is InChI=1S/C23H23F3N2O2/c1-21(2,17-8-6-9-19(12-17)30-3)14-22(29,23(24,25)26)13-18-11-16-7-4-5-10-20(16)28(18)15-27/h4-12,29H,13-14H2,1-3H3. The van der Waals surface area contributed by atoms with Gasteiger partial charge in [-0.05, 0) is 41.7 Å². The molecule has 1 heterocycles. The van der Waals surface area contributed by atoms with Gasteiger partial charge in [0, 0.05) is 17.5 Å². The Hall–Kier alpha value is -2.98. The number of ether oxygens (including phenoxy) is 1. The topological polar surface area (TPSA) is 58.2 Å². The molecule has 1 aromatic heterocycles. The third-order valence-electron chi connectivity index (χ3n) is 5.47. The van der Waals surface area contributed by atoms with Crippen molar-refractivity contribution in [3.63, 3.8) is 0 Å². The maximum absolute atomic E-state index is 14.1. The molecule has 2 aromatic carbocycles. The highest BCUT2D eigenvalue weighted by atomic mass is 19.4. The number of para-hydroxylation sites is 1. The lowest BCUT2D eigenvalue weighted by molar-refractivity contribution is -0.266. The number of aromatic nitrogens is 1. The van der Waals surface area contributed by atoms with Gasteiger partial charge in [0.05, 0.1) is 12.6 Å². The van der Waals surface area contributed by atoms with E-state index in [0.29, 0.717) is 22.2 Å². The van der Waals surface area contributed by atoms with Gasteiger partial charge in [-0.15, -0.1) is 0 Å². The van der Waals surface area contributed by atoms with Crippen LogP contribution in [0.1, 0.15) is 31.5 Å². The van der Waals surface area contributed by atoms with E-state index in [0.717, 1.165) is 4.57 Å². The molecule has 0 fully saturated rings. The molecule has 3 rings (SSSR count). The van der Waals surface area contributed by atoms with Gasteiger partial charge in [0.15, 0.2) is 11.8 Å². The third-order valence-corrected chi connectivity index (χ3v) is 5.47. The number of fused-ring (bicyclic) bond motifs is 1. The minimum Gasteiger partial charge on any atom is -0.497 e. The van der Waals surface area contributed by atoms with E-state index in [1.807, 2.05) is 6.19 Å². The maximum atomic E-state index is 14.1. The predicted octanol–water partition coefficient (Wildman–Crippen LogP) is 5.18. The maximum Gasteiger partial charge on any atom is 0.417 e. The molecule has 0 aliphatic carbocycles. The van der Waals surface area contributed by atoms with E-state index in [1.165, 1.54) is 13.2 Å². The van der Waals surface area contributed by atoms with Crippen LogP contribution < -0.4 is 4.74 Å². The summed E-state index contributed by atoms with van der Waals surface area (Å²) in [5, 5.41) is 21.0. The van der Waals surface area contributed by atoms with Gasteiger partial charge < -0.3 is 9.84 Å². The number of hydrogen-bond donors (Lipinski definition) is 1. The molecule has 1 N–H and O–H groups in total. The number of alkyl halides is 3. The molecule has 0 bridgehead atoms. The second-order valence-corrected chi connectivity index (χ2v) is 8.13. The van der Waals surface area contributed by atoms with Crippen molar-refractivity contribution in [1.29, 1.82) is 5.26 Å². The summed E-state index contributed by atoms with van der Waals surface area (Å²) in [7, 11) is 1.48. The summed E-state index contributed by atoms with van der Waals surface area (Å²) in [6, 6.07) is 15.2. The van der Waals surface area contributed by atoms with Gasteiger partial charge in [-0.25, -0.2) is 0 Å². The molecule has 0 saturated heterocycles. The van der Waals surface area contributed by atoms with Crippen molar-refractivity contribution in [2.24, 2.45) is 0 Å². The lowest BCUT2D eigenvalue weighted by Crippen LogP contribution is -2.51. The normalized spacial score (nSPS) is 14.3. The van der Waals surface area contributed by atoms with Gasteiger partial charge in [0.1, 0.15) is 5.75 Å². The quantitative estimate of drug-likeness (QED) is 0.602. The summed E-state index contributed by atoms with van der Waals surface area (Å²) in [5.41, 5.74) is -2.80. The molecule has 1 unspecified atom stereocenters. The fourth-order valence-electron chi connectivity index (χ4n) is 3.90. The van der Waals surface area contributed by atoms with Gasteiger partial charge in [0.2, 0.25) is 0 Å². The molecular weight excluding hydrogens is 393 g/mol. The van der Waals surface area contributed by atoms with Gasteiger partial charge in [-0.2, -0.15) is 18.4 Å². The van der Waals surface area contributed by atoms with Crippen LogP contribution in [-0.4, -0.2) is 28.6 Å². The summed E-state index contributed by atoms with van der Waals surface area (Å²) in [6.07, 6.45) is -4.27. The first-order chi connectivity index (χ1) is 14.0. The van der Waals surface area contributed by atoms with Crippen LogP contribution in [0.3, 0.4) is 0 Å². The number of methoxy groups -OCH3 is 1. The number of hydrogen-bond acceptors (Lipinski definition) is 3. The highest BCUT2D eigenvalue weighted by Gasteiger charge is 2.56. The van der Waals surface area contributed by atoms with Crippen molar-refractivity contribution in [3.8, 4) is 11.9 Å². The number of rotatable bonds is 6. The smallest absolute Gasteiger partial charge is 0.417 e. The van der Waals surface area contributed by atoms with E-state index in [-0.39, 0.29) is 5.69 Å². The van der Waals surface area contributed by atoms with Crippen molar-refractivity contribution in [1.82, 2.24) is 4.57 Å². The molecule has 1 atom stereocenters. The average molecular weight is 416 g/mol. The molecule has 0 aliphatic rings. The summed E-state index contributed by atoms with van der Waals surface area (Å²) in [4.78, 5) is 0. The van der Waals surface area contributed by atoms with Gasteiger partial charge in [-0.3, -0.25) is 4.57 Å². The number of benzene rings is 2. The van der Waals surface area contributed by atoms with Crippen LogP contribution in [0, 0.1) is 11.5 Å².